The molecule has 0 aromatic rings. The van der Waals surface area contributed by atoms with Gasteiger partial charge in [0.05, 0.1) is 17.5 Å². The summed E-state index contributed by atoms with van der Waals surface area (Å²) in [6.07, 6.45) is 8.21. The zero-order valence-corrected chi connectivity index (χ0v) is 8.01. The van der Waals surface area contributed by atoms with Gasteiger partial charge in [0, 0.05) is 6.42 Å². The van der Waals surface area contributed by atoms with Crippen molar-refractivity contribution in [3.63, 3.8) is 0 Å². The Morgan fingerprint density at radius 3 is 2.69 bits per heavy atom. The van der Waals surface area contributed by atoms with E-state index in [1.54, 1.807) is 0 Å². The lowest BCUT2D eigenvalue weighted by Crippen LogP contribution is -2.26. The standard InChI is InChI=1S/C10H18N2O/c11-9(12)7-8-3-6-10(13-8)4-1-2-5-10/h8H,1-7H2,(H3,11,12). The van der Waals surface area contributed by atoms with E-state index < -0.39 is 0 Å². The Morgan fingerprint density at radius 2 is 2.08 bits per heavy atom. The van der Waals surface area contributed by atoms with Crippen LogP contribution in [0.25, 0.3) is 0 Å². The van der Waals surface area contributed by atoms with Crippen LogP contribution < -0.4 is 5.73 Å². The van der Waals surface area contributed by atoms with Crippen LogP contribution in [0.1, 0.15) is 44.9 Å². The molecule has 1 aliphatic carbocycles. The molecule has 0 amide bonds. The molecular formula is C10H18N2O. The first-order valence-electron chi connectivity index (χ1n) is 5.21. The summed E-state index contributed by atoms with van der Waals surface area (Å²) in [6.45, 7) is 0. The topological polar surface area (TPSA) is 59.1 Å². The molecule has 0 aromatic heterocycles. The highest BCUT2D eigenvalue weighted by Gasteiger charge is 2.41. The van der Waals surface area contributed by atoms with Crippen LogP contribution >= 0.6 is 0 Å². The smallest absolute Gasteiger partial charge is 0.0931 e. The van der Waals surface area contributed by atoms with Gasteiger partial charge in [-0.3, -0.25) is 5.41 Å². The van der Waals surface area contributed by atoms with E-state index >= 15 is 0 Å². The Labute approximate surface area is 79.2 Å². The molecule has 74 valence electrons. The van der Waals surface area contributed by atoms with E-state index in [1.165, 1.54) is 32.1 Å². The van der Waals surface area contributed by atoms with Crippen molar-refractivity contribution < 1.29 is 4.74 Å². The van der Waals surface area contributed by atoms with Crippen molar-refractivity contribution in [2.45, 2.75) is 56.7 Å². The molecule has 1 aliphatic heterocycles. The Hall–Kier alpha value is -0.570. The maximum absolute atomic E-state index is 7.22. The molecule has 1 unspecified atom stereocenters. The summed E-state index contributed by atoms with van der Waals surface area (Å²) >= 11 is 0. The molecule has 1 atom stereocenters. The zero-order valence-electron chi connectivity index (χ0n) is 8.01. The van der Waals surface area contributed by atoms with Crippen molar-refractivity contribution in [3.05, 3.63) is 0 Å². The van der Waals surface area contributed by atoms with Gasteiger partial charge in [0.15, 0.2) is 0 Å². The van der Waals surface area contributed by atoms with Crippen LogP contribution in [0.5, 0.6) is 0 Å². The molecule has 0 aromatic carbocycles. The summed E-state index contributed by atoms with van der Waals surface area (Å²) in [5.74, 6) is 0.264. The highest BCUT2D eigenvalue weighted by molar-refractivity contribution is 5.77. The summed E-state index contributed by atoms with van der Waals surface area (Å²) in [4.78, 5) is 0. The number of hydrogen-bond donors (Lipinski definition) is 2. The van der Waals surface area contributed by atoms with Crippen LogP contribution in [0, 0.1) is 5.41 Å². The summed E-state index contributed by atoms with van der Waals surface area (Å²) in [5, 5.41) is 7.22. The lowest BCUT2D eigenvalue weighted by atomic mass is 9.98. The first kappa shape index (κ1) is 9.00. The minimum Gasteiger partial charge on any atom is -0.388 e. The summed E-state index contributed by atoms with van der Waals surface area (Å²) in [5.41, 5.74) is 5.56. The molecule has 0 radical (unpaired) electrons. The van der Waals surface area contributed by atoms with E-state index in [1.807, 2.05) is 0 Å². The Balaban J connectivity index is 1.89. The first-order chi connectivity index (χ1) is 6.20. The van der Waals surface area contributed by atoms with Crippen molar-refractivity contribution in [3.8, 4) is 0 Å². The molecule has 2 fully saturated rings. The molecule has 1 saturated carbocycles. The molecule has 2 rings (SSSR count). The van der Waals surface area contributed by atoms with Crippen molar-refractivity contribution >= 4 is 5.84 Å². The van der Waals surface area contributed by atoms with Gasteiger partial charge in [-0.05, 0) is 25.7 Å². The predicted molar refractivity (Wildman–Crippen MR) is 51.8 cm³/mol. The molecule has 1 heterocycles. The van der Waals surface area contributed by atoms with Crippen molar-refractivity contribution in [2.75, 3.05) is 0 Å². The quantitative estimate of drug-likeness (QED) is 0.505. The van der Waals surface area contributed by atoms with Gasteiger partial charge in [-0.2, -0.15) is 0 Å². The second kappa shape index (κ2) is 3.29. The van der Waals surface area contributed by atoms with Gasteiger partial charge in [0.25, 0.3) is 0 Å². The summed E-state index contributed by atoms with van der Waals surface area (Å²) in [6, 6.07) is 0. The second-order valence-electron chi connectivity index (χ2n) is 4.40. The van der Waals surface area contributed by atoms with Gasteiger partial charge in [-0.25, -0.2) is 0 Å². The van der Waals surface area contributed by atoms with Gasteiger partial charge < -0.3 is 10.5 Å². The van der Waals surface area contributed by atoms with Crippen LogP contribution in [0.3, 0.4) is 0 Å². The largest absolute Gasteiger partial charge is 0.388 e. The van der Waals surface area contributed by atoms with Crippen LogP contribution in [-0.2, 0) is 4.74 Å². The van der Waals surface area contributed by atoms with E-state index in [4.69, 9.17) is 15.9 Å². The number of ether oxygens (including phenoxy) is 1. The minimum absolute atomic E-state index is 0.195. The van der Waals surface area contributed by atoms with Gasteiger partial charge in [-0.1, -0.05) is 12.8 Å². The zero-order chi connectivity index (χ0) is 9.31. The lowest BCUT2D eigenvalue weighted by molar-refractivity contribution is -0.0331. The summed E-state index contributed by atoms with van der Waals surface area (Å²) < 4.78 is 6.00. The van der Waals surface area contributed by atoms with Crippen LogP contribution in [0.2, 0.25) is 0 Å². The first-order valence-corrected chi connectivity index (χ1v) is 5.21. The molecule has 1 saturated heterocycles. The second-order valence-corrected chi connectivity index (χ2v) is 4.40. The molecule has 3 heteroatoms. The number of rotatable bonds is 2. The third-order valence-corrected chi connectivity index (χ3v) is 3.30. The van der Waals surface area contributed by atoms with Crippen molar-refractivity contribution in [1.29, 1.82) is 5.41 Å². The molecule has 3 N–H and O–H groups in total. The van der Waals surface area contributed by atoms with Gasteiger partial charge in [0.2, 0.25) is 0 Å². The molecule has 2 aliphatic rings. The number of nitrogens with one attached hydrogen (secondary N) is 1. The fraction of sp³-hybridized carbons (Fsp3) is 0.900. The number of nitrogens with two attached hydrogens (primary N) is 1. The Morgan fingerprint density at radius 1 is 1.38 bits per heavy atom. The number of hydrogen-bond acceptors (Lipinski definition) is 2. The van der Waals surface area contributed by atoms with E-state index in [0.29, 0.717) is 6.42 Å². The summed E-state index contributed by atoms with van der Waals surface area (Å²) in [7, 11) is 0. The predicted octanol–water partition coefficient (Wildman–Crippen LogP) is 1.80. The molecule has 1 spiro atoms. The fourth-order valence-corrected chi connectivity index (χ4v) is 2.67. The minimum atomic E-state index is 0.195. The molecular weight excluding hydrogens is 164 g/mol. The average Bonchev–Trinajstić information content (AvgIpc) is 2.63. The number of amidine groups is 1. The van der Waals surface area contributed by atoms with E-state index in [9.17, 15) is 0 Å². The van der Waals surface area contributed by atoms with Crippen LogP contribution in [0.4, 0.5) is 0 Å². The van der Waals surface area contributed by atoms with Crippen LogP contribution in [-0.4, -0.2) is 17.5 Å². The lowest BCUT2D eigenvalue weighted by Gasteiger charge is -2.23. The maximum Gasteiger partial charge on any atom is 0.0931 e. The van der Waals surface area contributed by atoms with Crippen molar-refractivity contribution in [2.24, 2.45) is 5.73 Å². The highest BCUT2D eigenvalue weighted by atomic mass is 16.5. The molecule has 13 heavy (non-hydrogen) atoms. The van der Waals surface area contributed by atoms with Gasteiger partial charge in [0.1, 0.15) is 0 Å². The van der Waals surface area contributed by atoms with E-state index in [0.717, 1.165) is 6.42 Å². The monoisotopic (exact) mass is 182 g/mol. The fourth-order valence-electron chi connectivity index (χ4n) is 2.67. The average molecular weight is 182 g/mol. The van der Waals surface area contributed by atoms with E-state index in [2.05, 4.69) is 0 Å². The SMILES string of the molecule is N=C(N)CC1CCC2(CCCC2)O1. The van der Waals surface area contributed by atoms with Gasteiger partial charge in [-0.15, -0.1) is 0 Å². The third kappa shape index (κ3) is 1.85. The van der Waals surface area contributed by atoms with Crippen LogP contribution in [0.15, 0.2) is 0 Å². The highest BCUT2D eigenvalue weighted by Crippen LogP contribution is 2.43. The molecule has 0 bridgehead atoms. The normalized spacial score (nSPS) is 31.2. The van der Waals surface area contributed by atoms with Crippen molar-refractivity contribution in [1.82, 2.24) is 0 Å². The maximum atomic E-state index is 7.22. The van der Waals surface area contributed by atoms with Gasteiger partial charge >= 0.3 is 0 Å². The Bertz CT molecular complexity index is 209. The van der Waals surface area contributed by atoms with E-state index in [-0.39, 0.29) is 17.5 Å². The Kier molecular flexibility index (Phi) is 2.28. The third-order valence-electron chi connectivity index (χ3n) is 3.30. The molecule has 3 nitrogen and oxygen atoms in total.